The molecule has 0 fully saturated rings. The van der Waals surface area contributed by atoms with E-state index in [2.05, 4.69) is 40.2 Å². The summed E-state index contributed by atoms with van der Waals surface area (Å²) in [5.74, 6) is 0.738. The zero-order chi connectivity index (χ0) is 17.9. The first-order valence-corrected chi connectivity index (χ1v) is 8.55. The van der Waals surface area contributed by atoms with Gasteiger partial charge >= 0.3 is 0 Å². The van der Waals surface area contributed by atoms with Crippen molar-refractivity contribution in [2.45, 2.75) is 13.0 Å². The second-order valence-corrected chi connectivity index (χ2v) is 6.25. The summed E-state index contributed by atoms with van der Waals surface area (Å²) in [6.45, 7) is 1.76. The Bertz CT molecular complexity index is 924. The van der Waals surface area contributed by atoms with Gasteiger partial charge < -0.3 is 15.4 Å². The van der Waals surface area contributed by atoms with Crippen LogP contribution in [0.15, 0.2) is 66.9 Å². The van der Waals surface area contributed by atoms with Crippen LogP contribution in [-0.4, -0.2) is 17.4 Å². The maximum atomic E-state index is 11.2. The zero-order valence-corrected chi connectivity index (χ0v) is 14.3. The van der Waals surface area contributed by atoms with E-state index in [0.717, 1.165) is 25.3 Å². The predicted octanol–water partition coefficient (Wildman–Crippen LogP) is 3.54. The first-order chi connectivity index (χ1) is 12.7. The number of para-hydroxylation sites is 1. The van der Waals surface area contributed by atoms with E-state index < -0.39 is 5.91 Å². The van der Waals surface area contributed by atoms with Crippen molar-refractivity contribution >= 4 is 11.6 Å². The third-order valence-electron chi connectivity index (χ3n) is 4.59. The van der Waals surface area contributed by atoms with Crippen LogP contribution in [0.25, 0.3) is 0 Å². The maximum Gasteiger partial charge on any atom is 0.250 e. The van der Waals surface area contributed by atoms with Gasteiger partial charge in [0, 0.05) is 36.6 Å². The molecule has 1 aliphatic heterocycles. The highest BCUT2D eigenvalue weighted by molar-refractivity contribution is 5.92. The van der Waals surface area contributed by atoms with E-state index in [1.807, 2.05) is 18.2 Å². The van der Waals surface area contributed by atoms with Gasteiger partial charge in [-0.1, -0.05) is 30.3 Å². The molecule has 0 radical (unpaired) electrons. The van der Waals surface area contributed by atoms with Crippen LogP contribution in [0.1, 0.15) is 21.5 Å². The summed E-state index contributed by atoms with van der Waals surface area (Å²) in [6.07, 6.45) is 2.40. The minimum Gasteiger partial charge on any atom is -0.439 e. The van der Waals surface area contributed by atoms with Crippen molar-refractivity contribution in [2.75, 3.05) is 11.4 Å². The van der Waals surface area contributed by atoms with Crippen LogP contribution in [0.4, 0.5) is 5.69 Å². The number of pyridine rings is 1. The second-order valence-electron chi connectivity index (χ2n) is 6.25. The lowest BCUT2D eigenvalue weighted by Gasteiger charge is -2.31. The molecule has 2 N–H and O–H groups in total. The van der Waals surface area contributed by atoms with E-state index in [0.29, 0.717) is 11.4 Å². The molecule has 0 atom stereocenters. The highest BCUT2D eigenvalue weighted by Gasteiger charge is 2.20. The summed E-state index contributed by atoms with van der Waals surface area (Å²) in [4.78, 5) is 17.7. The largest absolute Gasteiger partial charge is 0.439 e. The van der Waals surface area contributed by atoms with Crippen LogP contribution in [0, 0.1) is 0 Å². The van der Waals surface area contributed by atoms with Gasteiger partial charge in [-0.2, -0.15) is 0 Å². The molecule has 2 heterocycles. The van der Waals surface area contributed by atoms with Gasteiger partial charge in [0.1, 0.15) is 5.75 Å². The molecular weight excluding hydrogens is 326 g/mol. The lowest BCUT2D eigenvalue weighted by Crippen LogP contribution is -2.30. The lowest BCUT2D eigenvalue weighted by molar-refractivity contribution is 0.1000. The van der Waals surface area contributed by atoms with Crippen molar-refractivity contribution in [3.05, 3.63) is 83.6 Å². The molecule has 0 saturated carbocycles. The van der Waals surface area contributed by atoms with Gasteiger partial charge in [0.05, 0.1) is 5.56 Å². The fraction of sp³-hybridized carbons (Fsp3) is 0.143. The summed E-state index contributed by atoms with van der Waals surface area (Å²) >= 11 is 0. The summed E-state index contributed by atoms with van der Waals surface area (Å²) in [6, 6.07) is 19.8. The molecule has 2 aromatic carbocycles. The van der Waals surface area contributed by atoms with Gasteiger partial charge in [-0.3, -0.25) is 4.79 Å². The Hall–Kier alpha value is -3.34. The Balaban J connectivity index is 1.60. The molecule has 4 rings (SSSR count). The quantitative estimate of drug-likeness (QED) is 0.785. The van der Waals surface area contributed by atoms with Gasteiger partial charge in [0.15, 0.2) is 0 Å². The number of benzene rings is 2. The Morgan fingerprint density at radius 1 is 1.04 bits per heavy atom. The number of fused-ring (bicyclic) bond motifs is 1. The molecule has 0 bridgehead atoms. The normalized spacial score (nSPS) is 13.2. The molecule has 0 unspecified atom stereocenters. The van der Waals surface area contributed by atoms with Gasteiger partial charge in [0.25, 0.3) is 0 Å². The van der Waals surface area contributed by atoms with Crippen LogP contribution in [0.3, 0.4) is 0 Å². The molecule has 1 aliphatic rings. The summed E-state index contributed by atoms with van der Waals surface area (Å²) < 4.78 is 6.01. The zero-order valence-electron chi connectivity index (χ0n) is 14.3. The van der Waals surface area contributed by atoms with Gasteiger partial charge in [0.2, 0.25) is 11.8 Å². The van der Waals surface area contributed by atoms with Crippen molar-refractivity contribution in [1.82, 2.24) is 4.98 Å². The minimum atomic E-state index is -0.500. The number of carbonyl (C=O) groups excluding carboxylic acids is 1. The third kappa shape index (κ3) is 3.24. The number of nitrogens with zero attached hydrogens (tertiary/aromatic N) is 2. The highest BCUT2D eigenvalue weighted by atomic mass is 16.5. The van der Waals surface area contributed by atoms with Crippen LogP contribution >= 0.6 is 0 Å². The molecule has 130 valence electrons. The predicted molar refractivity (Wildman–Crippen MR) is 100 cm³/mol. The highest BCUT2D eigenvalue weighted by Crippen LogP contribution is 2.32. The van der Waals surface area contributed by atoms with Crippen LogP contribution in [-0.2, 0) is 13.0 Å². The van der Waals surface area contributed by atoms with Crippen LogP contribution < -0.4 is 15.4 Å². The number of hydrogen-bond donors (Lipinski definition) is 1. The fourth-order valence-electron chi connectivity index (χ4n) is 3.20. The number of carbonyl (C=O) groups is 1. The molecule has 26 heavy (non-hydrogen) atoms. The Morgan fingerprint density at radius 3 is 2.62 bits per heavy atom. The Labute approximate surface area is 152 Å². The van der Waals surface area contributed by atoms with Gasteiger partial charge in [-0.05, 0) is 36.2 Å². The van der Waals surface area contributed by atoms with E-state index in [1.54, 1.807) is 12.1 Å². The van der Waals surface area contributed by atoms with E-state index in [9.17, 15) is 4.79 Å². The molecule has 0 saturated heterocycles. The SMILES string of the molecule is NC(=O)c1ccc(Oc2cccc3c2CN(c2ccccc2)CC3)nc1. The van der Waals surface area contributed by atoms with Crippen molar-refractivity contribution in [3.63, 3.8) is 0 Å². The number of nitrogens with two attached hydrogens (primary N) is 1. The number of hydrogen-bond acceptors (Lipinski definition) is 4. The average Bonchev–Trinajstić information content (AvgIpc) is 2.69. The molecule has 5 heteroatoms. The Morgan fingerprint density at radius 2 is 1.88 bits per heavy atom. The van der Waals surface area contributed by atoms with Crippen LogP contribution in [0.2, 0.25) is 0 Å². The third-order valence-corrected chi connectivity index (χ3v) is 4.59. The minimum absolute atomic E-state index is 0.364. The first kappa shape index (κ1) is 16.1. The van der Waals surface area contributed by atoms with E-state index in [4.69, 9.17) is 10.5 Å². The number of ether oxygens (including phenoxy) is 1. The van der Waals surface area contributed by atoms with Crippen molar-refractivity contribution in [1.29, 1.82) is 0 Å². The topological polar surface area (TPSA) is 68.5 Å². The van der Waals surface area contributed by atoms with Gasteiger partial charge in [-0.25, -0.2) is 4.98 Å². The monoisotopic (exact) mass is 345 g/mol. The van der Waals surface area contributed by atoms with Crippen molar-refractivity contribution in [3.8, 4) is 11.6 Å². The molecule has 3 aromatic rings. The molecule has 1 amide bonds. The fourth-order valence-corrected chi connectivity index (χ4v) is 3.20. The van der Waals surface area contributed by atoms with Crippen molar-refractivity contribution < 1.29 is 9.53 Å². The summed E-state index contributed by atoms with van der Waals surface area (Å²) in [7, 11) is 0. The summed E-state index contributed by atoms with van der Waals surface area (Å²) in [5.41, 5.74) is 9.29. The standard InChI is InChI=1S/C21H19N3O2/c22-21(25)16-9-10-20(23-13-16)26-19-8-4-5-15-11-12-24(14-18(15)19)17-6-2-1-3-7-17/h1-10,13H,11-12,14H2,(H2,22,25). The van der Waals surface area contributed by atoms with Crippen LogP contribution in [0.5, 0.6) is 11.6 Å². The molecule has 1 aromatic heterocycles. The number of amides is 1. The first-order valence-electron chi connectivity index (χ1n) is 8.55. The molecule has 0 aliphatic carbocycles. The number of aromatic nitrogens is 1. The number of primary amides is 1. The van der Waals surface area contributed by atoms with E-state index >= 15 is 0 Å². The molecular formula is C21H19N3O2. The average molecular weight is 345 g/mol. The summed E-state index contributed by atoms with van der Waals surface area (Å²) in [5, 5.41) is 0. The van der Waals surface area contributed by atoms with E-state index in [1.165, 1.54) is 23.0 Å². The lowest BCUT2D eigenvalue weighted by atomic mass is 9.98. The molecule has 5 nitrogen and oxygen atoms in total. The molecule has 0 spiro atoms. The maximum absolute atomic E-state index is 11.2. The smallest absolute Gasteiger partial charge is 0.250 e. The second kappa shape index (κ2) is 6.88. The van der Waals surface area contributed by atoms with Gasteiger partial charge in [-0.15, -0.1) is 0 Å². The van der Waals surface area contributed by atoms with E-state index in [-0.39, 0.29) is 0 Å². The Kier molecular flexibility index (Phi) is 4.27. The number of rotatable bonds is 4. The van der Waals surface area contributed by atoms with Crippen molar-refractivity contribution in [2.24, 2.45) is 5.73 Å². The number of anilines is 1.